The Kier molecular flexibility index (Phi) is 26.4. The molecule has 0 amide bonds. The van der Waals surface area contributed by atoms with Crippen molar-refractivity contribution in [1.82, 2.24) is 10.3 Å². The summed E-state index contributed by atoms with van der Waals surface area (Å²) in [5.41, 5.74) is 1.11. The van der Waals surface area contributed by atoms with E-state index in [1.807, 2.05) is 33.1 Å². The third kappa shape index (κ3) is 24.6. The molecule has 0 aliphatic carbocycles. The van der Waals surface area contributed by atoms with Crippen LogP contribution < -0.4 is 9.79 Å². The first-order valence-electron chi connectivity index (χ1n) is 22.1. The first-order valence-corrected chi connectivity index (χ1v) is 23.5. The second-order valence-electron chi connectivity index (χ2n) is 16.7. The Balaban J connectivity index is 1.64. The van der Waals surface area contributed by atoms with Gasteiger partial charge in [0.2, 0.25) is 5.52 Å². The topological polar surface area (TPSA) is 196 Å². The Hall–Kier alpha value is -3.17. The molecule has 0 aliphatic rings. The zero-order chi connectivity index (χ0) is 43.4. The van der Waals surface area contributed by atoms with Gasteiger partial charge in [-0.1, -0.05) is 122 Å². The SMILES string of the molecule is CCCCCCCCCCCCCCCC(=O)OCC(COP(=O)([O-])OCC[N+](C)(C)C)OC(=O)CCCCCCCCCCN(C)c1ccc([N+](=O)[O-])c2nonc12. The summed E-state index contributed by atoms with van der Waals surface area (Å²) >= 11 is 0. The van der Waals surface area contributed by atoms with Gasteiger partial charge in [-0.15, -0.1) is 0 Å². The fourth-order valence-electron chi connectivity index (χ4n) is 6.64. The van der Waals surface area contributed by atoms with Crippen LogP contribution in [0.4, 0.5) is 11.4 Å². The molecule has 17 heteroatoms. The van der Waals surface area contributed by atoms with Crippen molar-refractivity contribution >= 4 is 42.2 Å². The highest BCUT2D eigenvalue weighted by molar-refractivity contribution is 7.45. The molecule has 2 atom stereocenters. The van der Waals surface area contributed by atoms with Gasteiger partial charge in [0.25, 0.3) is 7.82 Å². The molecule has 1 aromatic carbocycles. The van der Waals surface area contributed by atoms with E-state index in [9.17, 15) is 29.2 Å². The lowest BCUT2D eigenvalue weighted by Crippen LogP contribution is -2.37. The number of nitro groups is 1. The molecule has 1 aromatic heterocycles. The van der Waals surface area contributed by atoms with Gasteiger partial charge in [0.1, 0.15) is 19.8 Å². The van der Waals surface area contributed by atoms with Gasteiger partial charge in [0.05, 0.1) is 38.4 Å². The van der Waals surface area contributed by atoms with E-state index in [0.717, 1.165) is 76.4 Å². The highest BCUT2D eigenvalue weighted by Crippen LogP contribution is 2.38. The number of quaternary nitrogens is 1. The number of fused-ring (bicyclic) bond motifs is 1. The number of esters is 2. The summed E-state index contributed by atoms with van der Waals surface area (Å²) < 4.78 is 38.6. The number of hydrogen-bond acceptors (Lipinski definition) is 14. The minimum atomic E-state index is -4.66. The van der Waals surface area contributed by atoms with Crippen molar-refractivity contribution in [2.45, 2.75) is 161 Å². The Morgan fingerprint density at radius 1 is 0.763 bits per heavy atom. The predicted octanol–water partition coefficient (Wildman–Crippen LogP) is 9.22. The van der Waals surface area contributed by atoms with Crippen LogP contribution in [0.2, 0.25) is 0 Å². The molecule has 0 bridgehead atoms. The monoisotopic (exact) mass is 856 g/mol. The van der Waals surface area contributed by atoms with E-state index in [1.54, 1.807) is 6.07 Å². The molecule has 2 rings (SSSR count). The first kappa shape index (κ1) is 52.0. The molecule has 338 valence electrons. The van der Waals surface area contributed by atoms with Crippen molar-refractivity contribution in [3.8, 4) is 0 Å². The van der Waals surface area contributed by atoms with Gasteiger partial charge in [-0.2, -0.15) is 0 Å². The maximum absolute atomic E-state index is 12.7. The number of hydrogen-bond donors (Lipinski definition) is 0. The lowest BCUT2D eigenvalue weighted by atomic mass is 10.0. The largest absolute Gasteiger partial charge is 0.756 e. The Morgan fingerprint density at radius 2 is 1.27 bits per heavy atom. The minimum absolute atomic E-state index is 0.0594. The molecule has 0 spiro atoms. The summed E-state index contributed by atoms with van der Waals surface area (Å²) in [6.45, 7) is 2.57. The van der Waals surface area contributed by atoms with Crippen molar-refractivity contribution in [1.29, 1.82) is 0 Å². The minimum Gasteiger partial charge on any atom is -0.756 e. The lowest BCUT2D eigenvalue weighted by Gasteiger charge is -2.28. The molecule has 0 aliphatic heterocycles. The van der Waals surface area contributed by atoms with Gasteiger partial charge < -0.3 is 32.8 Å². The van der Waals surface area contributed by atoms with Gasteiger partial charge in [0.15, 0.2) is 11.6 Å². The number of carbonyl (C=O) groups excluding carboxylic acids is 2. The number of nitrogens with zero attached hydrogens (tertiary/aromatic N) is 5. The number of nitro benzene ring substituents is 1. The maximum atomic E-state index is 12.7. The number of phosphoric acid groups is 1. The van der Waals surface area contributed by atoms with Crippen LogP contribution in [0.25, 0.3) is 11.0 Å². The van der Waals surface area contributed by atoms with Crippen LogP contribution in [-0.2, 0) is 32.7 Å². The Bertz CT molecular complexity index is 1520. The molecule has 1 heterocycles. The molecule has 0 N–H and O–H groups in total. The average molecular weight is 856 g/mol. The van der Waals surface area contributed by atoms with Gasteiger partial charge in [-0.05, 0) is 35.6 Å². The smallest absolute Gasteiger partial charge is 0.306 e. The molecule has 59 heavy (non-hydrogen) atoms. The van der Waals surface area contributed by atoms with Crippen LogP contribution in [0.15, 0.2) is 16.8 Å². The van der Waals surface area contributed by atoms with E-state index in [4.69, 9.17) is 23.2 Å². The van der Waals surface area contributed by atoms with Crippen LogP contribution in [0.3, 0.4) is 0 Å². The van der Waals surface area contributed by atoms with Gasteiger partial charge >= 0.3 is 17.6 Å². The number of rotatable bonds is 37. The quantitative estimate of drug-likeness (QED) is 0.0156. The van der Waals surface area contributed by atoms with Gasteiger partial charge in [0, 0.05) is 32.5 Å². The predicted molar refractivity (Wildman–Crippen MR) is 227 cm³/mol. The molecule has 0 saturated carbocycles. The fourth-order valence-corrected chi connectivity index (χ4v) is 7.37. The number of anilines is 1. The van der Waals surface area contributed by atoms with Crippen molar-refractivity contribution in [2.24, 2.45) is 0 Å². The number of phosphoric ester groups is 1. The van der Waals surface area contributed by atoms with Crippen molar-refractivity contribution in [2.75, 3.05) is 66.0 Å². The standard InChI is InChI=1S/C42H74N5O11P/c1-6-7-8-9-10-11-12-13-14-15-18-21-24-27-39(48)54-34-36(35-56-59(52,53)55-33-32-47(3,4)5)57-40(49)28-25-22-19-16-17-20-23-26-31-45(2)37-29-30-38(46(50)51)42-41(37)43-58-44-42/h29-30,36H,6-28,31-35H2,1-5H3. The van der Waals surface area contributed by atoms with Crippen LogP contribution in [0.1, 0.15) is 155 Å². The van der Waals surface area contributed by atoms with Crippen LogP contribution >= 0.6 is 7.82 Å². The molecule has 0 fully saturated rings. The Morgan fingerprint density at radius 3 is 1.81 bits per heavy atom. The molecule has 2 unspecified atom stereocenters. The maximum Gasteiger partial charge on any atom is 0.306 e. The second kappa shape index (κ2) is 30.0. The molecule has 0 saturated heterocycles. The third-order valence-corrected chi connectivity index (χ3v) is 11.2. The van der Waals surface area contributed by atoms with E-state index in [2.05, 4.69) is 17.2 Å². The number of benzene rings is 1. The molecular formula is C42H74N5O11P. The van der Waals surface area contributed by atoms with Crippen molar-refractivity contribution in [3.05, 3.63) is 22.2 Å². The van der Waals surface area contributed by atoms with E-state index in [-0.39, 0.29) is 37.3 Å². The van der Waals surface area contributed by atoms with E-state index in [0.29, 0.717) is 29.4 Å². The summed E-state index contributed by atoms with van der Waals surface area (Å²) in [5, 5.41) is 18.8. The van der Waals surface area contributed by atoms with Gasteiger partial charge in [-0.3, -0.25) is 24.3 Å². The average Bonchev–Trinajstić information content (AvgIpc) is 3.67. The number of likely N-dealkylation sites (N-methyl/N-ethyl adjacent to an activating group) is 1. The summed E-state index contributed by atoms with van der Waals surface area (Å²) in [6, 6.07) is 3.09. The van der Waals surface area contributed by atoms with Crippen molar-refractivity contribution in [3.63, 3.8) is 0 Å². The zero-order valence-corrected chi connectivity index (χ0v) is 37.6. The molecule has 16 nitrogen and oxygen atoms in total. The highest BCUT2D eigenvalue weighted by atomic mass is 31.2. The summed E-state index contributed by atoms with van der Waals surface area (Å²) in [5.74, 6) is -0.922. The summed E-state index contributed by atoms with van der Waals surface area (Å²) in [6.07, 6.45) is 22.5. The van der Waals surface area contributed by atoms with Crippen LogP contribution in [0.5, 0.6) is 0 Å². The van der Waals surface area contributed by atoms with Crippen LogP contribution in [-0.4, -0.2) is 98.9 Å². The lowest BCUT2D eigenvalue weighted by molar-refractivity contribution is -0.870. The number of ether oxygens (including phenoxy) is 2. The molecule has 0 radical (unpaired) electrons. The third-order valence-electron chi connectivity index (χ3n) is 10.2. The van der Waals surface area contributed by atoms with E-state index in [1.165, 1.54) is 63.9 Å². The fraction of sp³-hybridized carbons (Fsp3) is 0.810. The first-order chi connectivity index (χ1) is 28.2. The highest BCUT2D eigenvalue weighted by Gasteiger charge is 2.23. The van der Waals surface area contributed by atoms with E-state index >= 15 is 0 Å². The molecule has 2 aromatic rings. The normalized spacial score (nSPS) is 13.3. The summed E-state index contributed by atoms with van der Waals surface area (Å²) in [7, 11) is 2.98. The number of carbonyl (C=O) groups is 2. The number of aromatic nitrogens is 2. The summed E-state index contributed by atoms with van der Waals surface area (Å²) in [4.78, 5) is 50.4. The second-order valence-corrected chi connectivity index (χ2v) is 18.1. The number of non-ortho nitro benzene ring substituents is 1. The van der Waals surface area contributed by atoms with Crippen molar-refractivity contribution < 1.29 is 51.6 Å². The number of unbranched alkanes of at least 4 members (excludes halogenated alkanes) is 19. The molecular weight excluding hydrogens is 781 g/mol. The zero-order valence-electron chi connectivity index (χ0n) is 36.7. The van der Waals surface area contributed by atoms with Crippen LogP contribution in [0, 0.1) is 10.1 Å². The van der Waals surface area contributed by atoms with E-state index < -0.39 is 37.4 Å². The van der Waals surface area contributed by atoms with Gasteiger partial charge in [-0.25, -0.2) is 4.63 Å². The Labute approximate surface area is 352 Å².